The summed E-state index contributed by atoms with van der Waals surface area (Å²) in [4.78, 5) is 27.2. The number of rotatable bonds is 3. The van der Waals surface area contributed by atoms with Crippen molar-refractivity contribution in [1.82, 2.24) is 0 Å². The van der Waals surface area contributed by atoms with Crippen molar-refractivity contribution in [1.29, 1.82) is 0 Å². The van der Waals surface area contributed by atoms with Gasteiger partial charge in [-0.1, -0.05) is 6.07 Å². The molecule has 1 aliphatic heterocycles. The molecule has 8 heteroatoms. The lowest BCUT2D eigenvalue weighted by molar-refractivity contribution is -0.137. The molecule has 2 heterocycles. The lowest BCUT2D eigenvalue weighted by atomic mass is 10.1. The lowest BCUT2D eigenvalue weighted by Gasteiger charge is -2.18. The number of methoxy groups -OCH3 is 1. The summed E-state index contributed by atoms with van der Waals surface area (Å²) in [6.07, 6.45) is -2.90. The molecule has 0 saturated heterocycles. The number of thiophene rings is 1. The van der Waals surface area contributed by atoms with Crippen LogP contribution in [-0.4, -0.2) is 19.0 Å². The number of alkyl halides is 3. The number of ether oxygens (including phenoxy) is 1. The van der Waals surface area contributed by atoms with E-state index in [0.717, 1.165) is 17.0 Å². The van der Waals surface area contributed by atoms with Crippen molar-refractivity contribution in [2.45, 2.75) is 13.1 Å². The predicted molar refractivity (Wildman–Crippen MR) is 95.9 cm³/mol. The first kappa shape index (κ1) is 18.9. The van der Waals surface area contributed by atoms with E-state index in [1.165, 1.54) is 35.5 Å². The van der Waals surface area contributed by atoms with Crippen LogP contribution in [0.25, 0.3) is 6.08 Å². The molecule has 1 aromatic heterocycles. The van der Waals surface area contributed by atoms with Gasteiger partial charge in [0.1, 0.15) is 0 Å². The molecule has 2 aromatic rings. The largest absolute Gasteiger partial charge is 0.465 e. The molecule has 140 valence electrons. The molecule has 0 N–H and O–H groups in total. The van der Waals surface area contributed by atoms with Crippen molar-refractivity contribution < 1.29 is 27.5 Å². The van der Waals surface area contributed by atoms with Gasteiger partial charge in [-0.25, -0.2) is 4.79 Å². The van der Waals surface area contributed by atoms with Gasteiger partial charge in [0, 0.05) is 16.3 Å². The van der Waals surface area contributed by atoms with Crippen LogP contribution in [0.5, 0.6) is 0 Å². The molecule has 4 nitrogen and oxygen atoms in total. The smallest absolute Gasteiger partial charge is 0.416 e. The fraction of sp³-hybridized carbons (Fsp3) is 0.158. The first-order chi connectivity index (χ1) is 12.7. The van der Waals surface area contributed by atoms with Gasteiger partial charge in [-0.05, 0) is 48.7 Å². The van der Waals surface area contributed by atoms with Gasteiger partial charge in [0.25, 0.3) is 5.91 Å². The second-order valence-corrected chi connectivity index (χ2v) is 6.69. The van der Waals surface area contributed by atoms with Crippen LogP contribution in [0.2, 0.25) is 0 Å². The van der Waals surface area contributed by atoms with Crippen LogP contribution >= 0.6 is 11.3 Å². The van der Waals surface area contributed by atoms with Crippen molar-refractivity contribution >= 4 is 35.0 Å². The maximum atomic E-state index is 12.9. The molecule has 0 aliphatic carbocycles. The van der Waals surface area contributed by atoms with E-state index in [4.69, 9.17) is 4.74 Å². The van der Waals surface area contributed by atoms with Gasteiger partial charge in [0.2, 0.25) is 0 Å². The summed E-state index contributed by atoms with van der Waals surface area (Å²) in [5, 5.41) is 1.83. The normalized spacial score (nSPS) is 16.4. The van der Waals surface area contributed by atoms with Crippen LogP contribution in [0, 0.1) is 0 Å². The molecule has 0 bridgehead atoms. The fourth-order valence-corrected chi connectivity index (χ4v) is 3.46. The van der Waals surface area contributed by atoms with E-state index in [1.54, 1.807) is 25.1 Å². The van der Waals surface area contributed by atoms with E-state index in [0.29, 0.717) is 5.70 Å². The number of anilines is 1. The molecular weight excluding hydrogens is 379 g/mol. The number of amides is 1. The molecule has 1 aliphatic rings. The highest BCUT2D eigenvalue weighted by atomic mass is 32.1. The third-order valence-electron chi connectivity index (χ3n) is 4.07. The van der Waals surface area contributed by atoms with Gasteiger partial charge in [-0.2, -0.15) is 13.2 Å². The number of esters is 1. The maximum absolute atomic E-state index is 12.9. The van der Waals surface area contributed by atoms with Crippen LogP contribution in [0.3, 0.4) is 0 Å². The van der Waals surface area contributed by atoms with Gasteiger partial charge in [0.05, 0.1) is 23.8 Å². The summed E-state index contributed by atoms with van der Waals surface area (Å²) in [5.74, 6) is -1.18. The molecule has 1 aromatic carbocycles. The minimum absolute atomic E-state index is 0.0933. The fourth-order valence-electron chi connectivity index (χ4n) is 2.81. The number of carbonyl (C=O) groups excluding carboxylic acids is 2. The summed E-state index contributed by atoms with van der Waals surface area (Å²) in [6, 6.07) is 7.79. The second kappa shape index (κ2) is 7.03. The summed E-state index contributed by atoms with van der Waals surface area (Å²) >= 11 is 1.39. The Bertz CT molecular complexity index is 942. The zero-order valence-corrected chi connectivity index (χ0v) is 15.1. The first-order valence-corrected chi connectivity index (χ1v) is 8.68. The van der Waals surface area contributed by atoms with E-state index in [1.807, 2.05) is 5.38 Å². The van der Waals surface area contributed by atoms with Crippen molar-refractivity contribution in [3.63, 3.8) is 0 Å². The minimum Gasteiger partial charge on any atom is -0.465 e. The number of halogens is 3. The number of carbonyl (C=O) groups is 2. The van der Waals surface area contributed by atoms with Crippen molar-refractivity contribution in [2.24, 2.45) is 0 Å². The topological polar surface area (TPSA) is 46.6 Å². The molecule has 27 heavy (non-hydrogen) atoms. The molecule has 0 fully saturated rings. The Morgan fingerprint density at radius 3 is 2.37 bits per heavy atom. The van der Waals surface area contributed by atoms with E-state index in [-0.39, 0.29) is 16.8 Å². The molecule has 3 rings (SSSR count). The Morgan fingerprint density at radius 1 is 1.19 bits per heavy atom. The quantitative estimate of drug-likeness (QED) is 0.564. The van der Waals surface area contributed by atoms with Crippen molar-refractivity contribution in [2.75, 3.05) is 12.0 Å². The third-order valence-corrected chi connectivity index (χ3v) is 4.89. The average Bonchev–Trinajstić information content (AvgIpc) is 3.21. The second-order valence-electron chi connectivity index (χ2n) is 5.71. The lowest BCUT2D eigenvalue weighted by Crippen LogP contribution is -2.24. The number of hydrogen-bond acceptors (Lipinski definition) is 4. The Morgan fingerprint density at radius 2 is 1.85 bits per heavy atom. The minimum atomic E-state index is -4.47. The van der Waals surface area contributed by atoms with Crippen molar-refractivity contribution in [3.05, 3.63) is 69.1 Å². The van der Waals surface area contributed by atoms with E-state index in [9.17, 15) is 22.8 Å². The molecule has 0 unspecified atom stereocenters. The van der Waals surface area contributed by atoms with Crippen LogP contribution in [0.1, 0.15) is 17.4 Å². The van der Waals surface area contributed by atoms with Crippen molar-refractivity contribution in [3.8, 4) is 0 Å². The van der Waals surface area contributed by atoms with Gasteiger partial charge >= 0.3 is 12.1 Å². The molecular formula is C19H14F3NO3S. The zero-order chi connectivity index (χ0) is 19.8. The van der Waals surface area contributed by atoms with Crippen LogP contribution in [0.15, 0.2) is 58.6 Å². The predicted octanol–water partition coefficient (Wildman–Crippen LogP) is 4.64. The summed E-state index contributed by atoms with van der Waals surface area (Å²) < 4.78 is 43.1. The number of hydrogen-bond donors (Lipinski definition) is 0. The average molecular weight is 393 g/mol. The number of allylic oxidation sites excluding steroid dienone is 1. The summed E-state index contributed by atoms with van der Waals surface area (Å²) in [5.41, 5.74) is -0.0459. The van der Waals surface area contributed by atoms with E-state index < -0.39 is 23.6 Å². The van der Waals surface area contributed by atoms with E-state index in [2.05, 4.69) is 0 Å². The van der Waals surface area contributed by atoms with Gasteiger partial charge in [-0.15, -0.1) is 11.3 Å². The Labute approximate surface area is 157 Å². The molecule has 0 radical (unpaired) electrons. The summed E-state index contributed by atoms with van der Waals surface area (Å²) in [7, 11) is 1.20. The van der Waals surface area contributed by atoms with Crippen LogP contribution in [-0.2, 0) is 20.5 Å². The zero-order valence-electron chi connectivity index (χ0n) is 14.3. The molecule has 1 amide bonds. The molecule has 0 spiro atoms. The monoisotopic (exact) mass is 393 g/mol. The maximum Gasteiger partial charge on any atom is 0.416 e. The Hall–Kier alpha value is -2.87. The first-order valence-electron chi connectivity index (χ1n) is 7.80. The Balaban J connectivity index is 2.07. The van der Waals surface area contributed by atoms with Crippen LogP contribution in [0.4, 0.5) is 18.9 Å². The Kier molecular flexibility index (Phi) is 4.93. The van der Waals surface area contributed by atoms with Gasteiger partial charge in [-0.3, -0.25) is 9.69 Å². The third kappa shape index (κ3) is 3.52. The van der Waals surface area contributed by atoms with E-state index >= 15 is 0 Å². The summed E-state index contributed by atoms with van der Waals surface area (Å²) in [6.45, 7) is 1.55. The molecule has 0 atom stereocenters. The molecule has 0 saturated carbocycles. The highest BCUT2D eigenvalue weighted by molar-refractivity contribution is 7.10. The van der Waals surface area contributed by atoms with Crippen LogP contribution < -0.4 is 4.90 Å². The van der Waals surface area contributed by atoms with Gasteiger partial charge < -0.3 is 4.74 Å². The standard InChI is InChI=1S/C19H14F3NO3S/c1-11-16(18(25)26-2)15(10-14-4-3-9-27-14)17(24)23(11)13-7-5-12(6-8-13)19(20,21)22/h3-10H,1-2H3/b15-10-. The SMILES string of the molecule is COC(=O)C1=C(C)N(c2ccc(C(F)(F)F)cc2)C(=O)/C1=C\c1cccs1. The number of nitrogens with zero attached hydrogens (tertiary/aromatic N) is 1. The van der Waals surface area contributed by atoms with Gasteiger partial charge in [0.15, 0.2) is 0 Å². The number of benzene rings is 1. The highest BCUT2D eigenvalue weighted by Gasteiger charge is 2.38. The highest BCUT2D eigenvalue weighted by Crippen LogP contribution is 2.37.